The van der Waals surface area contributed by atoms with E-state index in [0.717, 1.165) is 32.8 Å². The number of aromatic nitrogens is 1. The van der Waals surface area contributed by atoms with Crippen molar-refractivity contribution >= 4 is 45.2 Å². The van der Waals surface area contributed by atoms with Crippen LogP contribution in [0, 0.1) is 5.92 Å². The van der Waals surface area contributed by atoms with Gasteiger partial charge in [0.25, 0.3) is 5.91 Å². The fraction of sp³-hybridized carbons (Fsp3) is 0.209. The van der Waals surface area contributed by atoms with Crippen LogP contribution in [0.15, 0.2) is 133 Å². The van der Waals surface area contributed by atoms with E-state index >= 15 is 0 Å². The van der Waals surface area contributed by atoms with Gasteiger partial charge in [-0.3, -0.25) is 19.2 Å². The number of carbonyl (C=O) groups is 4. The van der Waals surface area contributed by atoms with E-state index in [2.05, 4.69) is 4.98 Å². The zero-order valence-corrected chi connectivity index (χ0v) is 28.7. The van der Waals surface area contributed by atoms with Crippen LogP contribution < -0.4 is 5.73 Å². The van der Waals surface area contributed by atoms with Gasteiger partial charge in [0.15, 0.2) is 5.78 Å². The second kappa shape index (κ2) is 16.8. The van der Waals surface area contributed by atoms with Gasteiger partial charge in [-0.15, -0.1) is 0 Å². The summed E-state index contributed by atoms with van der Waals surface area (Å²) < 4.78 is 5.50. The van der Waals surface area contributed by atoms with Gasteiger partial charge in [-0.05, 0) is 58.5 Å². The van der Waals surface area contributed by atoms with Gasteiger partial charge in [-0.25, -0.2) is 0 Å². The fourth-order valence-electron chi connectivity index (χ4n) is 6.60. The third-order valence-corrected chi connectivity index (χ3v) is 9.31. The molecule has 0 aliphatic carbocycles. The van der Waals surface area contributed by atoms with Crippen LogP contribution in [0.4, 0.5) is 0 Å². The molecule has 9 heteroatoms. The number of nitrogens with zero attached hydrogens (tertiary/aromatic N) is 1. The maximum Gasteiger partial charge on any atom is 0.306 e. The van der Waals surface area contributed by atoms with Crippen molar-refractivity contribution in [3.8, 4) is 0 Å². The van der Waals surface area contributed by atoms with Gasteiger partial charge in [0.2, 0.25) is 5.91 Å². The van der Waals surface area contributed by atoms with Crippen LogP contribution >= 0.6 is 0 Å². The number of primary amides is 1. The molecule has 52 heavy (non-hydrogen) atoms. The number of hydrogen-bond acceptors (Lipinski definition) is 6. The first-order valence-electron chi connectivity index (χ1n) is 17.4. The summed E-state index contributed by atoms with van der Waals surface area (Å²) in [5.41, 5.74) is 8.80. The molecule has 6 aromatic rings. The summed E-state index contributed by atoms with van der Waals surface area (Å²) in [6.07, 6.45) is -1.58. The van der Waals surface area contributed by atoms with E-state index < -0.39 is 48.1 Å². The molecule has 0 spiro atoms. The number of nitrogens with two attached hydrogens (primary N) is 1. The van der Waals surface area contributed by atoms with Crippen molar-refractivity contribution in [2.45, 2.75) is 51.0 Å². The van der Waals surface area contributed by atoms with Gasteiger partial charge < -0.3 is 25.5 Å². The van der Waals surface area contributed by atoms with Crippen molar-refractivity contribution in [3.05, 3.63) is 156 Å². The Bertz CT molecular complexity index is 2130. The molecule has 0 bridgehead atoms. The molecular weight excluding hydrogens is 654 g/mol. The van der Waals surface area contributed by atoms with Crippen LogP contribution in [-0.4, -0.2) is 44.6 Å². The number of nitrogens with one attached hydrogen (secondary N) is 1. The molecule has 0 radical (unpaired) electrons. The van der Waals surface area contributed by atoms with E-state index in [9.17, 15) is 24.3 Å². The molecule has 2 amide bonds. The molecule has 0 saturated heterocycles. The number of ether oxygens (including phenoxy) is 1. The van der Waals surface area contributed by atoms with Gasteiger partial charge in [-0.1, -0.05) is 115 Å². The molecule has 1 unspecified atom stereocenters. The lowest BCUT2D eigenvalue weighted by Gasteiger charge is -2.34. The average Bonchev–Trinajstić information content (AvgIpc) is 3.61. The molecule has 5 aromatic carbocycles. The van der Waals surface area contributed by atoms with Crippen molar-refractivity contribution in [2.24, 2.45) is 11.7 Å². The number of Topliss-reactive ketones (excluding diaryl/α,β-unsaturated/α-hetero) is 1. The number of hydrogen-bond donors (Lipinski definition) is 3. The highest BCUT2D eigenvalue weighted by molar-refractivity contribution is 6.01. The van der Waals surface area contributed by atoms with Gasteiger partial charge in [0.1, 0.15) is 12.3 Å². The molecule has 6 rings (SSSR count). The number of H-pyrrole nitrogens is 1. The highest BCUT2D eigenvalue weighted by Crippen LogP contribution is 2.32. The maximum atomic E-state index is 14.9. The van der Waals surface area contributed by atoms with Crippen molar-refractivity contribution in [2.75, 3.05) is 0 Å². The third kappa shape index (κ3) is 8.80. The summed E-state index contributed by atoms with van der Waals surface area (Å²) in [6.45, 7) is 0.166. The van der Waals surface area contributed by atoms with E-state index in [4.69, 9.17) is 10.5 Å². The lowest BCUT2D eigenvalue weighted by Crippen LogP contribution is -2.48. The summed E-state index contributed by atoms with van der Waals surface area (Å²) in [7, 11) is 0. The molecule has 0 aliphatic rings. The van der Waals surface area contributed by atoms with Gasteiger partial charge >= 0.3 is 5.97 Å². The Morgan fingerprint density at radius 2 is 1.37 bits per heavy atom. The van der Waals surface area contributed by atoms with Gasteiger partial charge in [0.05, 0.1) is 18.1 Å². The molecule has 4 N–H and O–H groups in total. The molecule has 264 valence electrons. The summed E-state index contributed by atoms with van der Waals surface area (Å²) in [5.74, 6) is -3.46. The number of aliphatic hydroxyl groups excluding tert-OH is 1. The van der Waals surface area contributed by atoms with E-state index in [1.165, 1.54) is 4.90 Å². The molecule has 0 saturated carbocycles. The minimum absolute atomic E-state index is 0.00984. The Kier molecular flexibility index (Phi) is 11.5. The molecule has 1 aromatic heterocycles. The Balaban J connectivity index is 1.34. The van der Waals surface area contributed by atoms with E-state index in [0.29, 0.717) is 5.56 Å². The van der Waals surface area contributed by atoms with Crippen LogP contribution in [0.1, 0.15) is 59.0 Å². The number of esters is 1. The second-order valence-electron chi connectivity index (χ2n) is 13.0. The first-order chi connectivity index (χ1) is 25.3. The predicted molar refractivity (Wildman–Crippen MR) is 200 cm³/mol. The SMILES string of the molecule is NC(=O)C[C@H](C(=O)[C@H](CCCC(=O)OCc1ccccc1)N(Cc1ccccc1)C(=O)c1cc2ccccc2[nH]1)C(O)c1ccc2ccccc2c1. The van der Waals surface area contributed by atoms with Crippen molar-refractivity contribution in [3.63, 3.8) is 0 Å². The van der Waals surface area contributed by atoms with Gasteiger partial charge in [-0.2, -0.15) is 0 Å². The minimum atomic E-state index is -1.40. The molecule has 0 aliphatic heterocycles. The Morgan fingerprint density at radius 3 is 2.06 bits per heavy atom. The Labute approximate surface area is 302 Å². The molecular formula is C43H41N3O6. The predicted octanol–water partition coefficient (Wildman–Crippen LogP) is 7.04. The minimum Gasteiger partial charge on any atom is -0.461 e. The Morgan fingerprint density at radius 1 is 0.731 bits per heavy atom. The number of fused-ring (bicyclic) bond motifs is 2. The summed E-state index contributed by atoms with van der Waals surface area (Å²) in [6, 6.07) is 39.7. The average molecular weight is 696 g/mol. The normalized spacial score (nSPS) is 12.9. The van der Waals surface area contributed by atoms with E-state index in [1.54, 1.807) is 18.2 Å². The number of aromatic amines is 1. The van der Waals surface area contributed by atoms with Crippen molar-refractivity contribution in [1.82, 2.24) is 9.88 Å². The van der Waals surface area contributed by atoms with E-state index in [1.807, 2.05) is 115 Å². The fourth-order valence-corrected chi connectivity index (χ4v) is 6.60. The standard InChI is InChI=1S/C43H41N3O6/c44-39(47)26-35(41(49)34-23-22-31-16-7-8-17-32(31)24-34)42(50)38(20-11-21-40(48)52-28-30-14-5-2-6-15-30)46(27-29-12-3-1-4-13-29)43(51)37-25-33-18-9-10-19-36(33)45-37/h1-10,12-19,22-25,35,38,41,45,49H,11,20-21,26-28H2,(H2,44,47)/t35-,38-,41?/m0/s1. The second-order valence-corrected chi connectivity index (χ2v) is 13.0. The zero-order chi connectivity index (χ0) is 36.5. The first kappa shape index (κ1) is 35.8. The number of carbonyl (C=O) groups excluding carboxylic acids is 4. The topological polar surface area (TPSA) is 143 Å². The van der Waals surface area contributed by atoms with Crippen LogP contribution in [0.3, 0.4) is 0 Å². The number of ketones is 1. The number of amides is 2. The number of benzene rings is 5. The summed E-state index contributed by atoms with van der Waals surface area (Å²) in [5, 5.41) is 14.4. The first-order valence-corrected chi connectivity index (χ1v) is 17.4. The van der Waals surface area contributed by atoms with E-state index in [-0.39, 0.29) is 38.1 Å². The number of para-hydroxylation sites is 1. The van der Waals surface area contributed by atoms with Crippen LogP contribution in [-0.2, 0) is 32.3 Å². The van der Waals surface area contributed by atoms with Crippen LogP contribution in [0.5, 0.6) is 0 Å². The largest absolute Gasteiger partial charge is 0.461 e. The lowest BCUT2D eigenvalue weighted by molar-refractivity contribution is -0.145. The van der Waals surface area contributed by atoms with Gasteiger partial charge in [0, 0.05) is 30.3 Å². The quantitative estimate of drug-likeness (QED) is 0.0928. The zero-order valence-electron chi connectivity index (χ0n) is 28.7. The maximum absolute atomic E-state index is 14.9. The smallest absolute Gasteiger partial charge is 0.306 e. The van der Waals surface area contributed by atoms with Crippen LogP contribution in [0.2, 0.25) is 0 Å². The number of rotatable bonds is 16. The Hall–Kier alpha value is -6.06. The monoisotopic (exact) mass is 695 g/mol. The molecule has 9 nitrogen and oxygen atoms in total. The number of aliphatic hydroxyl groups is 1. The lowest BCUT2D eigenvalue weighted by atomic mass is 9.83. The summed E-state index contributed by atoms with van der Waals surface area (Å²) >= 11 is 0. The molecule has 3 atom stereocenters. The molecule has 0 fully saturated rings. The highest BCUT2D eigenvalue weighted by Gasteiger charge is 2.39. The summed E-state index contributed by atoms with van der Waals surface area (Å²) in [4.78, 5) is 59.5. The molecule has 1 heterocycles. The van der Waals surface area contributed by atoms with Crippen molar-refractivity contribution in [1.29, 1.82) is 0 Å². The van der Waals surface area contributed by atoms with Crippen LogP contribution in [0.25, 0.3) is 21.7 Å². The third-order valence-electron chi connectivity index (χ3n) is 9.31. The van der Waals surface area contributed by atoms with Crippen molar-refractivity contribution < 1.29 is 29.0 Å². The highest BCUT2D eigenvalue weighted by atomic mass is 16.5.